The van der Waals surface area contributed by atoms with E-state index in [0.717, 1.165) is 36.5 Å². The van der Waals surface area contributed by atoms with Gasteiger partial charge in [-0.05, 0) is 74.7 Å². The van der Waals surface area contributed by atoms with Crippen molar-refractivity contribution in [3.8, 4) is 5.75 Å². The third-order valence-electron chi connectivity index (χ3n) is 5.30. The maximum Gasteiger partial charge on any atom is 0.254 e. The van der Waals surface area contributed by atoms with Gasteiger partial charge < -0.3 is 15.0 Å². The molecule has 2 atom stereocenters. The molecule has 1 saturated heterocycles. The zero-order valence-electron chi connectivity index (χ0n) is 14.6. The number of carbonyl (C=O) groups is 1. The molecule has 2 aliphatic rings. The Labute approximate surface area is 149 Å². The van der Waals surface area contributed by atoms with Crippen LogP contribution in [0, 0.1) is 17.8 Å². The van der Waals surface area contributed by atoms with E-state index >= 15 is 0 Å². The predicted octanol–water partition coefficient (Wildman–Crippen LogP) is 3.45. The molecule has 1 aromatic carbocycles. The summed E-state index contributed by atoms with van der Waals surface area (Å²) in [6.07, 6.45) is 5.15. The van der Waals surface area contributed by atoms with Crippen LogP contribution in [-0.4, -0.2) is 44.6 Å². The minimum atomic E-state index is -0.0886. The first kappa shape index (κ1) is 17.6. The largest absolute Gasteiger partial charge is 0.494 e. The second-order valence-electron chi connectivity index (χ2n) is 7.23. The van der Waals surface area contributed by atoms with Crippen molar-refractivity contribution in [1.82, 2.24) is 10.2 Å². The fraction of sp³-hybridized carbons (Fsp3) is 0.632. The van der Waals surface area contributed by atoms with E-state index < -0.39 is 0 Å². The van der Waals surface area contributed by atoms with Crippen molar-refractivity contribution in [3.63, 3.8) is 0 Å². The third-order valence-corrected chi connectivity index (χ3v) is 5.61. The molecule has 0 unspecified atom stereocenters. The van der Waals surface area contributed by atoms with Crippen LogP contribution >= 0.6 is 11.6 Å². The highest BCUT2D eigenvalue weighted by molar-refractivity contribution is 6.34. The highest BCUT2D eigenvalue weighted by Crippen LogP contribution is 2.49. The summed E-state index contributed by atoms with van der Waals surface area (Å²) in [6.45, 7) is 3.09. The molecule has 24 heavy (non-hydrogen) atoms. The monoisotopic (exact) mass is 350 g/mol. The van der Waals surface area contributed by atoms with Gasteiger partial charge in [0.15, 0.2) is 0 Å². The van der Waals surface area contributed by atoms with Gasteiger partial charge in [0.2, 0.25) is 0 Å². The van der Waals surface area contributed by atoms with Crippen molar-refractivity contribution in [1.29, 1.82) is 0 Å². The molecule has 1 amide bonds. The SMILES string of the molecule is CN(C)C(=O)c1ccc(OCC[C@@H]2C[C@@H]2C2CCNCC2)cc1Cl. The van der Waals surface area contributed by atoms with E-state index in [1.807, 2.05) is 6.07 Å². The van der Waals surface area contributed by atoms with Crippen LogP contribution in [-0.2, 0) is 0 Å². The summed E-state index contributed by atoms with van der Waals surface area (Å²) >= 11 is 6.21. The number of carbonyl (C=O) groups excluding carboxylic acids is 1. The van der Waals surface area contributed by atoms with Crippen LogP contribution in [0.25, 0.3) is 0 Å². The van der Waals surface area contributed by atoms with Crippen molar-refractivity contribution < 1.29 is 9.53 Å². The van der Waals surface area contributed by atoms with Gasteiger partial charge in [0.05, 0.1) is 17.2 Å². The van der Waals surface area contributed by atoms with E-state index in [4.69, 9.17) is 16.3 Å². The number of piperidine rings is 1. The van der Waals surface area contributed by atoms with Crippen LogP contribution in [0.15, 0.2) is 18.2 Å². The van der Waals surface area contributed by atoms with Crippen molar-refractivity contribution in [2.75, 3.05) is 33.8 Å². The Balaban J connectivity index is 1.44. The second-order valence-corrected chi connectivity index (χ2v) is 7.63. The Morgan fingerprint density at radius 2 is 2.08 bits per heavy atom. The molecule has 0 spiro atoms. The number of amides is 1. The average Bonchev–Trinajstić information content (AvgIpc) is 3.35. The maximum atomic E-state index is 12.0. The molecule has 132 valence electrons. The van der Waals surface area contributed by atoms with Crippen LogP contribution in [0.5, 0.6) is 5.75 Å². The van der Waals surface area contributed by atoms with E-state index in [-0.39, 0.29) is 5.91 Å². The molecular weight excluding hydrogens is 324 g/mol. The van der Waals surface area contributed by atoms with Gasteiger partial charge >= 0.3 is 0 Å². The first-order chi connectivity index (χ1) is 11.6. The van der Waals surface area contributed by atoms with Gasteiger partial charge in [-0.25, -0.2) is 0 Å². The molecule has 4 nitrogen and oxygen atoms in total. The molecule has 1 saturated carbocycles. The van der Waals surface area contributed by atoms with Crippen molar-refractivity contribution >= 4 is 17.5 Å². The summed E-state index contributed by atoms with van der Waals surface area (Å²) in [7, 11) is 3.44. The smallest absolute Gasteiger partial charge is 0.254 e. The first-order valence-electron chi connectivity index (χ1n) is 8.91. The Hall–Kier alpha value is -1.26. The van der Waals surface area contributed by atoms with E-state index in [9.17, 15) is 4.79 Å². The number of nitrogens with one attached hydrogen (secondary N) is 1. The highest BCUT2D eigenvalue weighted by Gasteiger charge is 2.42. The summed E-state index contributed by atoms with van der Waals surface area (Å²) in [5.41, 5.74) is 0.516. The molecule has 0 radical (unpaired) electrons. The Kier molecular flexibility index (Phi) is 5.67. The summed E-state index contributed by atoms with van der Waals surface area (Å²) in [5.74, 6) is 3.32. The van der Waals surface area contributed by atoms with Gasteiger partial charge in [0, 0.05) is 14.1 Å². The zero-order valence-corrected chi connectivity index (χ0v) is 15.3. The van der Waals surface area contributed by atoms with Crippen LogP contribution < -0.4 is 10.1 Å². The van der Waals surface area contributed by atoms with Gasteiger partial charge in [-0.15, -0.1) is 0 Å². The fourth-order valence-electron chi connectivity index (χ4n) is 3.78. The minimum Gasteiger partial charge on any atom is -0.494 e. The molecule has 1 aliphatic heterocycles. The molecule has 1 N–H and O–H groups in total. The van der Waals surface area contributed by atoms with E-state index in [0.29, 0.717) is 10.6 Å². The van der Waals surface area contributed by atoms with Gasteiger partial charge in [-0.2, -0.15) is 0 Å². The Morgan fingerprint density at radius 1 is 1.33 bits per heavy atom. The minimum absolute atomic E-state index is 0.0886. The normalized spacial score (nSPS) is 23.8. The number of hydrogen-bond donors (Lipinski definition) is 1. The predicted molar refractivity (Wildman–Crippen MR) is 96.8 cm³/mol. The van der Waals surface area contributed by atoms with E-state index in [1.54, 1.807) is 26.2 Å². The fourth-order valence-corrected chi connectivity index (χ4v) is 4.03. The second kappa shape index (κ2) is 7.75. The zero-order chi connectivity index (χ0) is 17.1. The van der Waals surface area contributed by atoms with Gasteiger partial charge in [-0.3, -0.25) is 4.79 Å². The summed E-state index contributed by atoms with van der Waals surface area (Å²) in [6, 6.07) is 5.32. The van der Waals surface area contributed by atoms with E-state index in [1.165, 1.54) is 37.3 Å². The number of benzene rings is 1. The summed E-state index contributed by atoms with van der Waals surface area (Å²) in [5, 5.41) is 3.89. The van der Waals surface area contributed by atoms with Crippen LogP contribution in [0.4, 0.5) is 0 Å². The van der Waals surface area contributed by atoms with Crippen molar-refractivity contribution in [3.05, 3.63) is 28.8 Å². The topological polar surface area (TPSA) is 41.6 Å². The lowest BCUT2D eigenvalue weighted by molar-refractivity contribution is 0.0827. The molecule has 5 heteroatoms. The molecule has 1 aliphatic carbocycles. The molecular formula is C19H27ClN2O2. The molecule has 1 aromatic rings. The lowest BCUT2D eigenvalue weighted by Crippen LogP contribution is -2.29. The van der Waals surface area contributed by atoms with Crippen LogP contribution in [0.2, 0.25) is 5.02 Å². The van der Waals surface area contributed by atoms with Gasteiger partial charge in [-0.1, -0.05) is 11.6 Å². The van der Waals surface area contributed by atoms with Gasteiger partial charge in [0.25, 0.3) is 5.91 Å². The van der Waals surface area contributed by atoms with E-state index in [2.05, 4.69) is 5.32 Å². The standard InChI is InChI=1S/C19H27ClN2O2/c1-22(2)19(23)16-4-3-15(12-18(16)20)24-10-7-14-11-17(14)13-5-8-21-9-6-13/h3-4,12-14,17,21H,5-11H2,1-2H3/t14-,17-/m1/s1. The molecule has 3 rings (SSSR count). The number of ether oxygens (including phenoxy) is 1. The average molecular weight is 351 g/mol. The molecule has 1 heterocycles. The lowest BCUT2D eigenvalue weighted by atomic mass is 9.91. The summed E-state index contributed by atoms with van der Waals surface area (Å²) < 4.78 is 5.85. The maximum absolute atomic E-state index is 12.0. The first-order valence-corrected chi connectivity index (χ1v) is 9.28. The third kappa shape index (κ3) is 4.22. The Morgan fingerprint density at radius 3 is 2.75 bits per heavy atom. The van der Waals surface area contributed by atoms with Crippen molar-refractivity contribution in [2.45, 2.75) is 25.7 Å². The van der Waals surface area contributed by atoms with Gasteiger partial charge in [0.1, 0.15) is 5.75 Å². The lowest BCUT2D eigenvalue weighted by Gasteiger charge is -2.22. The molecule has 0 bridgehead atoms. The molecule has 2 fully saturated rings. The number of rotatable bonds is 6. The number of hydrogen-bond acceptors (Lipinski definition) is 3. The summed E-state index contributed by atoms with van der Waals surface area (Å²) in [4.78, 5) is 13.5. The van der Waals surface area contributed by atoms with Crippen molar-refractivity contribution in [2.24, 2.45) is 17.8 Å². The highest BCUT2D eigenvalue weighted by atomic mass is 35.5. The van der Waals surface area contributed by atoms with Crippen LogP contribution in [0.1, 0.15) is 36.0 Å². The van der Waals surface area contributed by atoms with Crippen LogP contribution in [0.3, 0.4) is 0 Å². The Bertz CT molecular complexity index is 585. The quantitative estimate of drug-likeness (QED) is 0.854. The number of nitrogens with zero attached hydrogens (tertiary/aromatic N) is 1. The number of halogens is 1. The molecule has 0 aromatic heterocycles.